The van der Waals surface area contributed by atoms with Crippen molar-refractivity contribution in [3.8, 4) is 5.69 Å². The molecular weight excluding hydrogens is 482 g/mol. The van der Waals surface area contributed by atoms with Crippen molar-refractivity contribution in [1.82, 2.24) is 14.5 Å². The van der Waals surface area contributed by atoms with Crippen LogP contribution in [0.5, 0.6) is 0 Å². The lowest BCUT2D eigenvalue weighted by Crippen LogP contribution is -2.21. The van der Waals surface area contributed by atoms with E-state index in [9.17, 15) is 4.79 Å². The van der Waals surface area contributed by atoms with E-state index in [1.807, 2.05) is 48.5 Å². The molecule has 0 unspecified atom stereocenters. The van der Waals surface area contributed by atoms with Gasteiger partial charge in [-0.15, -0.1) is 0 Å². The van der Waals surface area contributed by atoms with Crippen LogP contribution in [0.1, 0.15) is 5.56 Å². The highest BCUT2D eigenvalue weighted by Crippen LogP contribution is 2.28. The van der Waals surface area contributed by atoms with Gasteiger partial charge in [0.25, 0.3) is 5.56 Å². The van der Waals surface area contributed by atoms with E-state index in [2.05, 4.69) is 33.0 Å². The van der Waals surface area contributed by atoms with Crippen molar-refractivity contribution in [2.24, 2.45) is 0 Å². The third-order valence-corrected chi connectivity index (χ3v) is 6.65. The quantitative estimate of drug-likeness (QED) is 0.226. The highest BCUT2D eigenvalue weighted by molar-refractivity contribution is 9.10. The Labute approximate surface area is 190 Å². The van der Waals surface area contributed by atoms with E-state index >= 15 is 0 Å². The summed E-state index contributed by atoms with van der Waals surface area (Å²) in [5.41, 5.74) is 3.85. The van der Waals surface area contributed by atoms with Gasteiger partial charge in [-0.1, -0.05) is 69.6 Å². The summed E-state index contributed by atoms with van der Waals surface area (Å²) in [5.74, 6) is 0.696. The van der Waals surface area contributed by atoms with E-state index in [1.165, 1.54) is 11.8 Å². The fourth-order valence-corrected chi connectivity index (χ4v) is 4.74. The Morgan fingerprint density at radius 2 is 1.73 bits per heavy atom. The van der Waals surface area contributed by atoms with Crippen LogP contribution >= 0.6 is 39.3 Å². The Morgan fingerprint density at radius 1 is 1.00 bits per heavy atom. The zero-order valence-corrected chi connectivity index (χ0v) is 18.8. The monoisotopic (exact) mass is 495 g/mol. The second-order valence-electron chi connectivity index (χ2n) is 6.82. The maximum absolute atomic E-state index is 13.5. The molecular formula is C23H15BrClN3OS. The first-order chi connectivity index (χ1) is 14.6. The van der Waals surface area contributed by atoms with Crippen LogP contribution in [-0.2, 0) is 5.75 Å². The second kappa shape index (κ2) is 7.95. The highest BCUT2D eigenvalue weighted by Gasteiger charge is 2.17. The number of nitrogens with zero attached hydrogens (tertiary/aromatic N) is 2. The topological polar surface area (TPSA) is 50.7 Å². The van der Waals surface area contributed by atoms with Gasteiger partial charge in [0.15, 0.2) is 5.16 Å². The molecule has 0 atom stereocenters. The Morgan fingerprint density at radius 3 is 2.50 bits per heavy atom. The van der Waals surface area contributed by atoms with Crippen LogP contribution in [0.3, 0.4) is 0 Å². The number of hydrogen-bond acceptors (Lipinski definition) is 3. The van der Waals surface area contributed by atoms with Crippen LogP contribution in [0.25, 0.3) is 27.6 Å². The number of para-hydroxylation sites is 1. The van der Waals surface area contributed by atoms with Gasteiger partial charge in [-0.05, 0) is 48.0 Å². The minimum absolute atomic E-state index is 0.128. The number of halogens is 2. The maximum Gasteiger partial charge on any atom is 0.283 e. The van der Waals surface area contributed by atoms with Crippen molar-refractivity contribution in [2.45, 2.75) is 10.9 Å². The number of H-pyrrole nitrogens is 1. The average molecular weight is 497 g/mol. The van der Waals surface area contributed by atoms with Crippen LogP contribution in [-0.4, -0.2) is 14.5 Å². The van der Waals surface area contributed by atoms with Crippen LogP contribution in [0.4, 0.5) is 0 Å². The number of nitrogens with one attached hydrogen (secondary N) is 1. The zero-order valence-electron chi connectivity index (χ0n) is 15.6. The fraction of sp³-hybridized carbons (Fsp3) is 0.0435. The summed E-state index contributed by atoms with van der Waals surface area (Å²) in [5, 5.41) is 2.20. The van der Waals surface area contributed by atoms with Gasteiger partial charge >= 0.3 is 0 Å². The molecule has 0 spiro atoms. The summed E-state index contributed by atoms with van der Waals surface area (Å²) < 4.78 is 2.69. The number of thioether (sulfide) groups is 1. The molecule has 3 aromatic carbocycles. The molecule has 30 heavy (non-hydrogen) atoms. The third kappa shape index (κ3) is 3.55. The van der Waals surface area contributed by atoms with E-state index in [-0.39, 0.29) is 5.56 Å². The smallest absolute Gasteiger partial charge is 0.283 e. The van der Waals surface area contributed by atoms with E-state index in [0.29, 0.717) is 27.0 Å². The van der Waals surface area contributed by atoms with Gasteiger partial charge in [0, 0.05) is 26.2 Å². The normalized spacial score (nSPS) is 11.4. The van der Waals surface area contributed by atoms with Gasteiger partial charge in [-0.25, -0.2) is 4.98 Å². The summed E-state index contributed by atoms with van der Waals surface area (Å²) >= 11 is 11.1. The molecule has 0 bridgehead atoms. The second-order valence-corrected chi connectivity index (χ2v) is 9.12. The molecule has 0 saturated carbocycles. The first-order valence-corrected chi connectivity index (χ1v) is 11.4. The average Bonchev–Trinajstić information content (AvgIpc) is 3.13. The predicted octanol–water partition coefficient (Wildman–Crippen LogP) is 6.58. The van der Waals surface area contributed by atoms with Crippen LogP contribution in [0.15, 0.2) is 87.2 Å². The van der Waals surface area contributed by atoms with Gasteiger partial charge < -0.3 is 4.98 Å². The molecule has 0 saturated heterocycles. The summed E-state index contributed by atoms with van der Waals surface area (Å²) in [6.07, 6.45) is 0. The first-order valence-electron chi connectivity index (χ1n) is 9.27. The molecule has 4 nitrogen and oxygen atoms in total. The molecule has 0 aliphatic heterocycles. The lowest BCUT2D eigenvalue weighted by molar-refractivity contribution is 0.819. The van der Waals surface area contributed by atoms with E-state index < -0.39 is 0 Å². The molecule has 0 radical (unpaired) electrons. The van der Waals surface area contributed by atoms with Crippen LogP contribution in [0, 0.1) is 0 Å². The Hall–Kier alpha value is -2.54. The van der Waals surface area contributed by atoms with Gasteiger partial charge in [0.2, 0.25) is 0 Å². The molecule has 1 N–H and O–H groups in total. The number of rotatable bonds is 4. The number of aromatic nitrogens is 3. The minimum Gasteiger partial charge on any atom is -0.349 e. The lowest BCUT2D eigenvalue weighted by atomic mass is 10.2. The van der Waals surface area contributed by atoms with Crippen LogP contribution < -0.4 is 5.56 Å². The van der Waals surface area contributed by atoms with Crippen molar-refractivity contribution in [3.63, 3.8) is 0 Å². The van der Waals surface area contributed by atoms with Gasteiger partial charge in [0.1, 0.15) is 11.0 Å². The number of fused-ring (bicyclic) bond motifs is 3. The van der Waals surface area contributed by atoms with Crippen molar-refractivity contribution >= 4 is 61.2 Å². The Kier molecular flexibility index (Phi) is 5.15. The molecule has 5 rings (SSSR count). The molecule has 148 valence electrons. The summed E-state index contributed by atoms with van der Waals surface area (Å²) in [6, 6.07) is 23.2. The van der Waals surface area contributed by atoms with Gasteiger partial charge in [-0.3, -0.25) is 9.36 Å². The van der Waals surface area contributed by atoms with E-state index in [1.54, 1.807) is 16.7 Å². The van der Waals surface area contributed by atoms with Gasteiger partial charge in [0.05, 0.1) is 5.69 Å². The molecule has 2 heterocycles. The summed E-state index contributed by atoms with van der Waals surface area (Å²) in [6.45, 7) is 0. The number of benzene rings is 3. The van der Waals surface area contributed by atoms with Crippen molar-refractivity contribution in [3.05, 3.63) is 98.2 Å². The predicted molar refractivity (Wildman–Crippen MR) is 128 cm³/mol. The highest BCUT2D eigenvalue weighted by atomic mass is 79.9. The summed E-state index contributed by atoms with van der Waals surface area (Å²) in [7, 11) is 0. The summed E-state index contributed by atoms with van der Waals surface area (Å²) in [4.78, 5) is 21.6. The molecule has 5 aromatic rings. The van der Waals surface area contributed by atoms with E-state index in [0.717, 1.165) is 26.6 Å². The van der Waals surface area contributed by atoms with Gasteiger partial charge in [-0.2, -0.15) is 0 Å². The molecule has 0 fully saturated rings. The standard InChI is InChI=1S/C23H15BrClN3OS/c24-15-7-5-14(6-8-15)13-30-23-27-20-18-3-1-2-4-19(18)26-21(20)22(29)28(23)17-11-9-16(25)10-12-17/h1-12,26H,13H2. The SMILES string of the molecule is O=c1c2[nH]c3ccccc3c2nc(SCc2ccc(Br)cc2)n1-c1ccc(Cl)cc1. The maximum atomic E-state index is 13.5. The Balaban J connectivity index is 1.69. The lowest BCUT2D eigenvalue weighted by Gasteiger charge is -2.12. The molecule has 2 aromatic heterocycles. The molecule has 0 aliphatic rings. The molecule has 0 amide bonds. The number of aromatic amines is 1. The first kappa shape index (κ1) is 19.4. The fourth-order valence-electron chi connectivity index (χ4n) is 3.39. The molecule has 7 heteroatoms. The largest absolute Gasteiger partial charge is 0.349 e. The van der Waals surface area contributed by atoms with Crippen molar-refractivity contribution < 1.29 is 0 Å². The van der Waals surface area contributed by atoms with E-state index in [4.69, 9.17) is 16.6 Å². The number of hydrogen-bond donors (Lipinski definition) is 1. The molecule has 0 aliphatic carbocycles. The zero-order chi connectivity index (χ0) is 20.7. The minimum atomic E-state index is -0.128. The Bertz CT molecular complexity index is 1430. The van der Waals surface area contributed by atoms with Crippen molar-refractivity contribution in [1.29, 1.82) is 0 Å². The van der Waals surface area contributed by atoms with Crippen LogP contribution in [0.2, 0.25) is 5.02 Å². The van der Waals surface area contributed by atoms with Crippen molar-refractivity contribution in [2.75, 3.05) is 0 Å². The third-order valence-electron chi connectivity index (χ3n) is 4.86.